The third-order valence-electron chi connectivity index (χ3n) is 2.43. The van der Waals surface area contributed by atoms with E-state index in [1.165, 1.54) is 11.1 Å². The maximum Gasteiger partial charge on any atom is 0.125 e. The second kappa shape index (κ2) is 6.90. The van der Waals surface area contributed by atoms with Gasteiger partial charge in [-0.15, -0.1) is 0 Å². The van der Waals surface area contributed by atoms with Gasteiger partial charge in [0, 0.05) is 5.54 Å². The smallest absolute Gasteiger partial charge is 0.125 e. The van der Waals surface area contributed by atoms with Crippen LogP contribution in [0.2, 0.25) is 0 Å². The molecule has 0 heterocycles. The molecule has 0 aliphatic rings. The van der Waals surface area contributed by atoms with Crippen LogP contribution in [0.15, 0.2) is 22.7 Å². The minimum Gasteiger partial charge on any atom is -0.487 e. The van der Waals surface area contributed by atoms with Gasteiger partial charge in [0.05, 0.1) is 5.03 Å². The van der Waals surface area contributed by atoms with Crippen molar-refractivity contribution in [3.05, 3.63) is 39.4 Å². The van der Waals surface area contributed by atoms with Crippen molar-refractivity contribution in [1.82, 2.24) is 0 Å². The van der Waals surface area contributed by atoms with Crippen LogP contribution in [0.4, 0.5) is 0 Å². The van der Waals surface area contributed by atoms with Crippen molar-refractivity contribution in [1.29, 1.82) is 0 Å². The Bertz CT molecular complexity index is 393. The first kappa shape index (κ1) is 14.4. The molecule has 0 saturated carbocycles. The Morgan fingerprint density at radius 3 is 2.41 bits per heavy atom. The number of hydrogen-bond donors (Lipinski definition) is 1. The minimum absolute atomic E-state index is 0.295. The Kier molecular flexibility index (Phi) is 5.83. The molecule has 0 amide bonds. The first-order chi connectivity index (χ1) is 8.08. The van der Waals surface area contributed by atoms with E-state index >= 15 is 0 Å². The predicted molar refractivity (Wildman–Crippen MR) is 74.0 cm³/mol. The third-order valence-corrected chi connectivity index (χ3v) is 3.02. The zero-order valence-corrected chi connectivity index (χ0v) is 11.6. The highest BCUT2D eigenvalue weighted by Crippen LogP contribution is 2.25. The fourth-order valence-corrected chi connectivity index (χ4v) is 1.87. The SMILES string of the molecule is Cc1cc(CCN)cc(C)c1OCC(Cl)=CCl. The number of rotatable bonds is 5. The maximum atomic E-state index is 5.79. The summed E-state index contributed by atoms with van der Waals surface area (Å²) in [7, 11) is 0. The summed E-state index contributed by atoms with van der Waals surface area (Å²) in [6, 6.07) is 4.18. The molecule has 94 valence electrons. The van der Waals surface area contributed by atoms with Crippen LogP contribution < -0.4 is 10.5 Å². The molecule has 1 aromatic carbocycles. The van der Waals surface area contributed by atoms with Gasteiger partial charge in [-0.05, 0) is 43.5 Å². The van der Waals surface area contributed by atoms with E-state index in [9.17, 15) is 0 Å². The predicted octanol–water partition coefficient (Wildman–Crippen LogP) is 3.50. The van der Waals surface area contributed by atoms with Crippen molar-refractivity contribution in [3.8, 4) is 5.75 Å². The lowest BCUT2D eigenvalue weighted by molar-refractivity contribution is 0.354. The van der Waals surface area contributed by atoms with Gasteiger partial charge in [-0.1, -0.05) is 35.3 Å². The first-order valence-electron chi connectivity index (χ1n) is 5.46. The summed E-state index contributed by atoms with van der Waals surface area (Å²) in [6.07, 6.45) is 0.879. The summed E-state index contributed by atoms with van der Waals surface area (Å²) < 4.78 is 5.64. The lowest BCUT2D eigenvalue weighted by Gasteiger charge is -2.13. The summed E-state index contributed by atoms with van der Waals surface area (Å²) >= 11 is 11.3. The van der Waals surface area contributed by atoms with Crippen LogP contribution in [0.1, 0.15) is 16.7 Å². The van der Waals surface area contributed by atoms with Gasteiger partial charge in [-0.2, -0.15) is 0 Å². The zero-order chi connectivity index (χ0) is 12.8. The lowest BCUT2D eigenvalue weighted by atomic mass is 10.0. The monoisotopic (exact) mass is 273 g/mol. The number of benzene rings is 1. The number of hydrogen-bond acceptors (Lipinski definition) is 2. The summed E-state index contributed by atoms with van der Waals surface area (Å²) in [5.74, 6) is 0.863. The van der Waals surface area contributed by atoms with Gasteiger partial charge in [-0.3, -0.25) is 0 Å². The molecule has 2 nitrogen and oxygen atoms in total. The minimum atomic E-state index is 0.295. The highest BCUT2D eigenvalue weighted by molar-refractivity contribution is 6.36. The van der Waals surface area contributed by atoms with E-state index in [0.29, 0.717) is 18.2 Å². The van der Waals surface area contributed by atoms with E-state index in [0.717, 1.165) is 23.3 Å². The van der Waals surface area contributed by atoms with Crippen molar-refractivity contribution < 1.29 is 4.74 Å². The molecule has 0 aromatic heterocycles. The normalized spacial score (nSPS) is 11.7. The van der Waals surface area contributed by atoms with Crippen molar-refractivity contribution in [2.24, 2.45) is 5.73 Å². The fourth-order valence-electron chi connectivity index (χ4n) is 1.75. The molecule has 0 radical (unpaired) electrons. The van der Waals surface area contributed by atoms with Crippen molar-refractivity contribution in [2.75, 3.05) is 13.2 Å². The number of ether oxygens (including phenoxy) is 1. The van der Waals surface area contributed by atoms with Gasteiger partial charge >= 0.3 is 0 Å². The average molecular weight is 274 g/mol. The second-order valence-electron chi connectivity index (χ2n) is 3.94. The Balaban J connectivity index is 2.86. The van der Waals surface area contributed by atoms with Gasteiger partial charge in [-0.25, -0.2) is 0 Å². The Hall–Kier alpha value is -0.700. The second-order valence-corrected chi connectivity index (χ2v) is 4.65. The van der Waals surface area contributed by atoms with Crippen molar-refractivity contribution in [2.45, 2.75) is 20.3 Å². The molecular formula is C13H17Cl2NO. The molecule has 1 rings (SSSR count). The van der Waals surface area contributed by atoms with E-state index in [1.807, 2.05) is 13.8 Å². The molecular weight excluding hydrogens is 257 g/mol. The molecule has 1 aromatic rings. The van der Waals surface area contributed by atoms with E-state index in [1.54, 1.807) is 0 Å². The fraction of sp³-hybridized carbons (Fsp3) is 0.385. The van der Waals surface area contributed by atoms with Crippen LogP contribution in [0.3, 0.4) is 0 Å². The molecule has 0 aliphatic carbocycles. The molecule has 0 atom stereocenters. The summed E-state index contributed by atoms with van der Waals surface area (Å²) in [6.45, 7) is 4.98. The Morgan fingerprint density at radius 1 is 1.35 bits per heavy atom. The van der Waals surface area contributed by atoms with Crippen LogP contribution in [0.5, 0.6) is 5.75 Å². The third kappa shape index (κ3) is 4.23. The van der Waals surface area contributed by atoms with Crippen LogP contribution in [-0.2, 0) is 6.42 Å². The molecule has 17 heavy (non-hydrogen) atoms. The molecule has 0 aliphatic heterocycles. The standard InChI is InChI=1S/C13H17Cl2NO/c1-9-5-11(3-4-16)6-10(2)13(9)17-8-12(15)7-14/h5-7H,3-4,8,16H2,1-2H3. The average Bonchev–Trinajstić information content (AvgIpc) is 2.28. The van der Waals surface area contributed by atoms with Crippen LogP contribution in [0.25, 0.3) is 0 Å². The van der Waals surface area contributed by atoms with Gasteiger partial charge in [0.1, 0.15) is 12.4 Å². The van der Waals surface area contributed by atoms with E-state index in [2.05, 4.69) is 12.1 Å². The first-order valence-corrected chi connectivity index (χ1v) is 6.27. The van der Waals surface area contributed by atoms with E-state index in [-0.39, 0.29) is 0 Å². The van der Waals surface area contributed by atoms with Gasteiger partial charge in [0.2, 0.25) is 0 Å². The molecule has 2 N–H and O–H groups in total. The van der Waals surface area contributed by atoms with Gasteiger partial charge in [0.25, 0.3) is 0 Å². The molecule has 0 fully saturated rings. The molecule has 0 spiro atoms. The number of aryl methyl sites for hydroxylation is 2. The van der Waals surface area contributed by atoms with E-state index < -0.39 is 0 Å². The molecule has 4 heteroatoms. The van der Waals surface area contributed by atoms with Crippen LogP contribution >= 0.6 is 23.2 Å². The Morgan fingerprint density at radius 2 is 1.94 bits per heavy atom. The van der Waals surface area contributed by atoms with Gasteiger partial charge in [0.15, 0.2) is 0 Å². The summed E-state index contributed by atoms with van der Waals surface area (Å²) in [4.78, 5) is 0. The molecule has 0 bridgehead atoms. The highest BCUT2D eigenvalue weighted by atomic mass is 35.5. The van der Waals surface area contributed by atoms with Gasteiger partial charge < -0.3 is 10.5 Å². The lowest BCUT2D eigenvalue weighted by Crippen LogP contribution is -2.05. The van der Waals surface area contributed by atoms with Crippen molar-refractivity contribution >= 4 is 23.2 Å². The largest absolute Gasteiger partial charge is 0.487 e. The quantitative estimate of drug-likeness (QED) is 0.891. The van der Waals surface area contributed by atoms with Crippen LogP contribution in [0, 0.1) is 13.8 Å². The van der Waals surface area contributed by atoms with Crippen molar-refractivity contribution in [3.63, 3.8) is 0 Å². The molecule has 0 saturated heterocycles. The zero-order valence-electron chi connectivity index (χ0n) is 10.1. The number of nitrogens with two attached hydrogens (primary N) is 1. The topological polar surface area (TPSA) is 35.2 Å². The Labute approximate surface area is 112 Å². The molecule has 0 unspecified atom stereocenters. The highest BCUT2D eigenvalue weighted by Gasteiger charge is 2.06. The van der Waals surface area contributed by atoms with E-state index in [4.69, 9.17) is 33.7 Å². The maximum absolute atomic E-state index is 5.79. The number of halogens is 2. The van der Waals surface area contributed by atoms with Crippen LogP contribution in [-0.4, -0.2) is 13.2 Å². The summed E-state index contributed by atoms with van der Waals surface area (Å²) in [5, 5.41) is 0.483. The summed E-state index contributed by atoms with van der Waals surface area (Å²) in [5.41, 5.74) is 10.3.